The van der Waals surface area contributed by atoms with E-state index in [4.69, 9.17) is 44.3 Å². The van der Waals surface area contributed by atoms with Gasteiger partial charge in [-0.2, -0.15) is 0 Å². The summed E-state index contributed by atoms with van der Waals surface area (Å²) in [5.41, 5.74) is 2.49. The Hall–Kier alpha value is -1.11. The Morgan fingerprint density at radius 3 is 2.44 bits per heavy atom. The number of nitrogens with one attached hydrogen (secondary N) is 1. The minimum atomic E-state index is -0.617. The molecule has 1 saturated heterocycles. The average molecular weight is 556 g/mol. The zero-order valence-corrected chi connectivity index (χ0v) is 21.1. The van der Waals surface area contributed by atoms with E-state index in [1.807, 2.05) is 48.5 Å². The topological polar surface area (TPSA) is 30.5 Å². The lowest BCUT2D eigenvalue weighted by Crippen LogP contribution is -2.54. The molecule has 1 aliphatic heterocycles. The van der Waals surface area contributed by atoms with E-state index in [0.717, 1.165) is 34.1 Å². The molecular formula is C25H23BrCl3NO2. The lowest BCUT2D eigenvalue weighted by atomic mass is 9.82. The summed E-state index contributed by atoms with van der Waals surface area (Å²) < 4.78 is 14.2. The lowest BCUT2D eigenvalue weighted by Gasteiger charge is -2.44. The first-order valence-corrected chi connectivity index (χ1v) is 12.3. The Bertz CT molecular complexity index is 1060. The second-order valence-corrected chi connectivity index (χ2v) is 9.98. The highest BCUT2D eigenvalue weighted by Crippen LogP contribution is 2.39. The van der Waals surface area contributed by atoms with E-state index >= 15 is 0 Å². The Balaban J connectivity index is 1.61. The highest BCUT2D eigenvalue weighted by molar-refractivity contribution is 9.10. The average Bonchev–Trinajstić information content (AvgIpc) is 2.79. The zero-order valence-electron chi connectivity index (χ0n) is 17.3. The van der Waals surface area contributed by atoms with Crippen molar-refractivity contribution in [2.24, 2.45) is 0 Å². The van der Waals surface area contributed by atoms with Gasteiger partial charge in [0.2, 0.25) is 0 Å². The largest absolute Gasteiger partial charge is 0.369 e. The third-order valence-corrected chi connectivity index (χ3v) is 7.16. The monoisotopic (exact) mass is 553 g/mol. The molecule has 0 unspecified atom stereocenters. The molecule has 3 aromatic carbocycles. The van der Waals surface area contributed by atoms with Crippen LogP contribution in [0, 0.1) is 0 Å². The van der Waals surface area contributed by atoms with Crippen LogP contribution in [0.3, 0.4) is 0 Å². The predicted octanol–water partition coefficient (Wildman–Crippen LogP) is 7.40. The number of piperidine rings is 1. The van der Waals surface area contributed by atoms with E-state index in [1.54, 1.807) is 6.07 Å². The van der Waals surface area contributed by atoms with Crippen LogP contribution in [0.2, 0.25) is 15.1 Å². The van der Waals surface area contributed by atoms with Crippen LogP contribution in [-0.4, -0.2) is 19.2 Å². The van der Waals surface area contributed by atoms with Crippen LogP contribution in [0.4, 0.5) is 0 Å². The van der Waals surface area contributed by atoms with Crippen LogP contribution in [0.5, 0.6) is 0 Å². The fraction of sp³-hybridized carbons (Fsp3) is 0.280. The number of halogens is 4. The fourth-order valence-corrected chi connectivity index (χ4v) is 4.90. The SMILES string of the molecule is Clc1ccc([C@@]2(OCc3cccc(Br)c3)CCNC[C@@H]2OCc2ccc(Cl)c(Cl)c2)cc1. The molecule has 7 heteroatoms. The first kappa shape index (κ1) is 24.0. The number of hydrogen-bond acceptors (Lipinski definition) is 3. The van der Waals surface area contributed by atoms with Gasteiger partial charge in [0.15, 0.2) is 0 Å². The van der Waals surface area contributed by atoms with Gasteiger partial charge >= 0.3 is 0 Å². The van der Waals surface area contributed by atoms with Gasteiger partial charge in [0.1, 0.15) is 11.7 Å². The third kappa shape index (κ3) is 5.68. The molecule has 0 amide bonds. The molecule has 1 N–H and O–H groups in total. The molecule has 4 rings (SSSR count). The van der Waals surface area contributed by atoms with E-state index in [-0.39, 0.29) is 6.10 Å². The molecule has 0 radical (unpaired) electrons. The molecule has 0 aromatic heterocycles. The maximum atomic E-state index is 6.71. The third-order valence-electron chi connectivity index (χ3n) is 5.68. The van der Waals surface area contributed by atoms with Crippen LogP contribution >= 0.6 is 50.7 Å². The summed E-state index contributed by atoms with van der Waals surface area (Å²) in [6, 6.07) is 21.6. The summed E-state index contributed by atoms with van der Waals surface area (Å²) >= 11 is 22.0. The highest BCUT2D eigenvalue weighted by Gasteiger charge is 2.44. The zero-order chi connectivity index (χ0) is 22.6. The summed E-state index contributed by atoms with van der Waals surface area (Å²) in [5, 5.41) is 5.19. The van der Waals surface area contributed by atoms with E-state index in [9.17, 15) is 0 Å². The first-order valence-electron chi connectivity index (χ1n) is 10.4. The van der Waals surface area contributed by atoms with Crippen molar-refractivity contribution in [1.82, 2.24) is 5.32 Å². The molecule has 3 nitrogen and oxygen atoms in total. The number of benzene rings is 3. The van der Waals surface area contributed by atoms with Crippen LogP contribution in [-0.2, 0) is 28.3 Å². The van der Waals surface area contributed by atoms with E-state index in [0.29, 0.717) is 34.8 Å². The van der Waals surface area contributed by atoms with Crippen molar-refractivity contribution < 1.29 is 9.47 Å². The standard InChI is InChI=1S/C25H23BrCl3NO2/c26-20-3-1-2-17(12-20)16-32-25(19-5-7-21(27)8-6-19)10-11-30-14-24(25)31-15-18-4-9-22(28)23(29)13-18/h1-9,12-13,24,30H,10-11,14-16H2/t24-,25-/m0/s1. The minimum absolute atomic E-state index is 0.209. The van der Waals surface area contributed by atoms with Crippen LogP contribution in [0.1, 0.15) is 23.1 Å². The van der Waals surface area contributed by atoms with Crippen molar-refractivity contribution in [3.63, 3.8) is 0 Å². The molecule has 168 valence electrons. The molecule has 32 heavy (non-hydrogen) atoms. The van der Waals surface area contributed by atoms with Crippen molar-refractivity contribution in [3.05, 3.63) is 103 Å². The van der Waals surface area contributed by atoms with Gasteiger partial charge in [-0.15, -0.1) is 0 Å². The van der Waals surface area contributed by atoms with Crippen molar-refractivity contribution >= 4 is 50.7 Å². The van der Waals surface area contributed by atoms with Crippen molar-refractivity contribution in [2.75, 3.05) is 13.1 Å². The van der Waals surface area contributed by atoms with Crippen LogP contribution in [0.15, 0.2) is 71.2 Å². The highest BCUT2D eigenvalue weighted by atomic mass is 79.9. The van der Waals surface area contributed by atoms with Gasteiger partial charge in [0.05, 0.1) is 23.3 Å². The number of rotatable bonds is 7. The Morgan fingerprint density at radius 1 is 0.906 bits per heavy atom. The smallest absolute Gasteiger partial charge is 0.122 e. The van der Waals surface area contributed by atoms with Crippen molar-refractivity contribution in [2.45, 2.75) is 31.3 Å². The van der Waals surface area contributed by atoms with E-state index < -0.39 is 5.60 Å². The maximum Gasteiger partial charge on any atom is 0.122 e. The molecule has 0 aliphatic carbocycles. The van der Waals surface area contributed by atoms with E-state index in [2.05, 4.69) is 33.4 Å². The summed E-state index contributed by atoms with van der Waals surface area (Å²) in [5.74, 6) is 0. The molecule has 3 aromatic rings. The second-order valence-electron chi connectivity index (χ2n) is 7.82. The second kappa shape index (κ2) is 10.9. The van der Waals surface area contributed by atoms with Crippen molar-refractivity contribution in [3.8, 4) is 0 Å². The number of ether oxygens (including phenoxy) is 2. The summed E-state index contributed by atoms with van der Waals surface area (Å²) in [6.45, 7) is 2.36. The predicted molar refractivity (Wildman–Crippen MR) is 135 cm³/mol. The molecule has 1 aliphatic rings. The van der Waals surface area contributed by atoms with Crippen molar-refractivity contribution in [1.29, 1.82) is 0 Å². The maximum absolute atomic E-state index is 6.71. The molecule has 0 spiro atoms. The Labute approximate surface area is 212 Å². The van der Waals surface area contributed by atoms with E-state index in [1.165, 1.54) is 0 Å². The summed E-state index contributed by atoms with van der Waals surface area (Å²) in [7, 11) is 0. The van der Waals surface area contributed by atoms with Gasteiger partial charge < -0.3 is 14.8 Å². The van der Waals surface area contributed by atoms with Crippen LogP contribution in [0.25, 0.3) is 0 Å². The van der Waals surface area contributed by atoms with Gasteiger partial charge in [-0.05, 0) is 66.1 Å². The lowest BCUT2D eigenvalue weighted by molar-refractivity contribution is -0.176. The van der Waals surface area contributed by atoms with Gasteiger partial charge in [-0.25, -0.2) is 0 Å². The summed E-state index contributed by atoms with van der Waals surface area (Å²) in [4.78, 5) is 0. The Kier molecular flexibility index (Phi) is 8.17. The van der Waals surface area contributed by atoms with Gasteiger partial charge in [-0.3, -0.25) is 0 Å². The fourth-order valence-electron chi connectivity index (χ4n) is 4.00. The van der Waals surface area contributed by atoms with Gasteiger partial charge in [-0.1, -0.05) is 81.1 Å². The summed E-state index contributed by atoms with van der Waals surface area (Å²) in [6.07, 6.45) is 0.563. The molecule has 0 saturated carbocycles. The van der Waals surface area contributed by atoms with Gasteiger partial charge in [0.25, 0.3) is 0 Å². The molecule has 1 heterocycles. The quantitative estimate of drug-likeness (QED) is 0.330. The molecule has 0 bridgehead atoms. The normalized spacial score (nSPS) is 20.9. The Morgan fingerprint density at radius 2 is 1.69 bits per heavy atom. The first-order chi connectivity index (χ1) is 15.5. The van der Waals surface area contributed by atoms with Gasteiger partial charge in [0, 0.05) is 16.0 Å². The van der Waals surface area contributed by atoms with Crippen LogP contribution < -0.4 is 5.32 Å². The molecule has 2 atom stereocenters. The minimum Gasteiger partial charge on any atom is -0.369 e. The number of hydrogen-bond donors (Lipinski definition) is 1. The molecular weight excluding hydrogens is 533 g/mol. The molecule has 1 fully saturated rings.